The molecule has 0 saturated heterocycles. The van der Waals surface area contributed by atoms with Crippen molar-refractivity contribution in [3.63, 3.8) is 0 Å². The van der Waals surface area contributed by atoms with Crippen molar-refractivity contribution in [2.75, 3.05) is 14.2 Å². The van der Waals surface area contributed by atoms with E-state index in [-0.39, 0.29) is 87.3 Å². The number of carboxylic acids is 2. The van der Waals surface area contributed by atoms with Crippen molar-refractivity contribution in [3.8, 4) is 56.0 Å². The summed E-state index contributed by atoms with van der Waals surface area (Å²) in [4.78, 5) is 18.0. The van der Waals surface area contributed by atoms with E-state index in [0.29, 0.717) is 5.46 Å². The zero-order valence-corrected chi connectivity index (χ0v) is 82.3. The molecule has 4 aliphatic rings. The number of hydrogen-bond acceptors (Lipinski definition) is 6. The molecule has 8 aromatic carbocycles. The van der Waals surface area contributed by atoms with Gasteiger partial charge in [0.05, 0.1) is 14.2 Å². The normalized spacial score (nSPS) is 13.5. The minimum Gasteiger partial charge on any atom is -1.00 e. The summed E-state index contributed by atoms with van der Waals surface area (Å²) in [5, 5.41) is 34.7. The van der Waals surface area contributed by atoms with Crippen LogP contribution in [0.2, 0.25) is 0 Å². The molecule has 12 rings (SSSR count). The Morgan fingerprint density at radius 1 is 0.397 bits per heavy atom. The van der Waals surface area contributed by atoms with Crippen LogP contribution >= 0.6 is 57.0 Å². The van der Waals surface area contributed by atoms with Crippen LogP contribution in [0.25, 0.3) is 44.5 Å². The minimum atomic E-state index is -1.42. The van der Waals surface area contributed by atoms with Crippen molar-refractivity contribution in [2.45, 2.75) is 308 Å². The molecule has 116 heavy (non-hydrogen) atoms. The summed E-state index contributed by atoms with van der Waals surface area (Å²) in [5.41, 5.74) is 19.9. The zero-order valence-electron chi connectivity index (χ0n) is 71.7. The molecule has 0 amide bonds. The number of hydrogen-bond donors (Lipinski definition) is 4. The quantitative estimate of drug-likeness (QED) is 0.0178. The third kappa shape index (κ3) is 36.1. The summed E-state index contributed by atoms with van der Waals surface area (Å²) >= 11 is 10.9. The number of halogens is 4. The van der Waals surface area contributed by atoms with Crippen molar-refractivity contribution in [1.82, 2.24) is 0 Å². The zero-order chi connectivity index (χ0) is 81.6. The van der Waals surface area contributed by atoms with Crippen LogP contribution in [0.5, 0.6) is 11.5 Å². The number of unbranched alkanes of at least 4 members (excludes halogenated alkanes) is 20. The van der Waals surface area contributed by atoms with Gasteiger partial charge in [-0.1, -0.05) is 377 Å². The Morgan fingerprint density at radius 3 is 1.11 bits per heavy atom. The molecule has 8 nitrogen and oxygen atoms in total. The van der Waals surface area contributed by atoms with E-state index >= 15 is 0 Å². The van der Waals surface area contributed by atoms with Crippen LogP contribution in [0.4, 0.5) is 0 Å². The molecular formula is C100H137BBr3FKO8PPd. The molecule has 1 atom stereocenters. The molecule has 0 heterocycles. The first-order valence-corrected chi connectivity index (χ1v) is 46.3. The Labute approximate surface area is 784 Å². The summed E-state index contributed by atoms with van der Waals surface area (Å²) < 4.78 is 13.8. The van der Waals surface area contributed by atoms with E-state index in [4.69, 9.17) is 29.3 Å². The van der Waals surface area contributed by atoms with Crippen molar-refractivity contribution in [1.29, 1.82) is 0 Å². The van der Waals surface area contributed by atoms with Gasteiger partial charge < -0.3 is 34.4 Å². The first-order valence-electron chi connectivity index (χ1n) is 43.3. The van der Waals surface area contributed by atoms with Gasteiger partial charge in [0.1, 0.15) is 11.5 Å². The molecule has 0 bridgehead atoms. The van der Waals surface area contributed by atoms with Gasteiger partial charge in [-0.3, -0.25) is 9.59 Å². The molecule has 8 aromatic rings. The summed E-state index contributed by atoms with van der Waals surface area (Å²) in [6.07, 6.45) is 50.7. The smallest absolute Gasteiger partial charge is 1.00 e. The molecule has 0 aromatic heterocycles. The predicted octanol–water partition coefficient (Wildman–Crippen LogP) is 24.0. The summed E-state index contributed by atoms with van der Waals surface area (Å²) in [6.45, 7) is 11.3. The number of ether oxygens (including phenoxy) is 2. The number of rotatable bonds is 34. The predicted molar refractivity (Wildman–Crippen MR) is 496 cm³/mol. The van der Waals surface area contributed by atoms with E-state index in [1.54, 1.807) is 30.9 Å². The third-order valence-corrected chi connectivity index (χ3v) is 25.2. The fourth-order valence-corrected chi connectivity index (χ4v) is 18.5. The molecule has 632 valence electrons. The van der Waals surface area contributed by atoms with Crippen molar-refractivity contribution in [3.05, 3.63) is 217 Å². The molecule has 0 spiro atoms. The fourth-order valence-electron chi connectivity index (χ4n) is 17.1. The summed E-state index contributed by atoms with van der Waals surface area (Å²) in [7, 11) is 4.87. The van der Waals surface area contributed by atoms with Crippen molar-refractivity contribution >= 4 is 81.5 Å². The average molecular weight is 1910 g/mol. The maximum absolute atomic E-state index is 9.93. The molecule has 16 heteroatoms. The van der Waals surface area contributed by atoms with Gasteiger partial charge >= 0.3 is 58.5 Å². The molecule has 1 unspecified atom stereocenters. The Kier molecular flexibility index (Phi) is 55.9. The first-order chi connectivity index (χ1) is 54.8. The van der Waals surface area contributed by atoms with Crippen LogP contribution in [0.15, 0.2) is 189 Å². The van der Waals surface area contributed by atoms with Crippen molar-refractivity contribution in [2.24, 2.45) is 0 Å². The molecule has 2 saturated carbocycles. The Morgan fingerprint density at radius 2 is 0.724 bits per heavy atom. The topological polar surface area (TPSA) is 134 Å². The van der Waals surface area contributed by atoms with Gasteiger partial charge in [0, 0.05) is 58.5 Å². The first kappa shape index (κ1) is 107. The molecule has 4 N–H and O–H groups in total. The molecular weight excluding hydrogens is 1780 g/mol. The monoisotopic (exact) mass is 1910 g/mol. The minimum absolute atomic E-state index is 0. The van der Waals surface area contributed by atoms with E-state index in [1.165, 1.54) is 291 Å². The Hall–Kier alpha value is -3.62. The van der Waals surface area contributed by atoms with Crippen LogP contribution in [0.1, 0.15) is 319 Å². The largest absolute Gasteiger partial charge is 1.00 e. The van der Waals surface area contributed by atoms with E-state index in [9.17, 15) is 10.0 Å². The van der Waals surface area contributed by atoms with E-state index in [1.807, 2.05) is 30.3 Å². The average Bonchev–Trinajstić information content (AvgIpc) is 1.57. The number of carbonyl (C=O) groups is 2. The SMILES string of the molecule is CC(=O)O.CC(=O)O.CCCCCCCCC1(CCCCCCCC)c2cc(Br)ccc2-c2ccc(-c3ccc(OC)cc3)cc21.CCCCCCCCC1(CCCCCCCC)c2cc(Br)ccc2-c2ccc(B(O)O)cc21.COc1ccc(Br)cc1.PC1CCCCC1.[F-].[K+].[Pd].c1ccc(-c2ccccc2C2CCCCC2)cc1. The number of fused-ring (bicyclic) bond motifs is 6. The Balaban J connectivity index is 0.000000399. The van der Waals surface area contributed by atoms with Crippen LogP contribution in [0, 0.1) is 0 Å². The Bertz CT molecular complexity index is 3940. The van der Waals surface area contributed by atoms with E-state index in [0.717, 1.165) is 58.7 Å². The van der Waals surface area contributed by atoms with Gasteiger partial charge in [0.25, 0.3) is 11.9 Å². The van der Waals surface area contributed by atoms with Gasteiger partial charge in [-0.25, -0.2) is 0 Å². The maximum Gasteiger partial charge on any atom is 1.00 e. The van der Waals surface area contributed by atoms with Gasteiger partial charge in [0.15, 0.2) is 0 Å². The number of methoxy groups -OCH3 is 2. The van der Waals surface area contributed by atoms with Gasteiger partial charge in [-0.15, -0.1) is 9.24 Å². The molecule has 0 aliphatic heterocycles. The van der Waals surface area contributed by atoms with Gasteiger partial charge in [0.2, 0.25) is 0 Å². The molecule has 2 fully saturated rings. The van der Waals surface area contributed by atoms with Gasteiger partial charge in [-0.05, 0) is 207 Å². The van der Waals surface area contributed by atoms with Gasteiger partial charge in [-0.2, -0.15) is 0 Å². The van der Waals surface area contributed by atoms with Crippen LogP contribution < -0.4 is 71.0 Å². The number of aliphatic carboxylic acids is 2. The number of carboxylic acid groups (broad SMARTS) is 2. The van der Waals surface area contributed by atoms with Crippen LogP contribution in [0.3, 0.4) is 0 Å². The standard InChI is InChI=1S/C36H47BrO.C29H42BBrO2.C18H20.C7H7BrO.C6H13P.2C2H4O2.FH.K.Pd/c1-4-6-8-10-12-14-24-36(25-15-13-11-9-7-5-2)34-26-29(28-16-20-31(38-3)21-17-28)18-22-32(34)33-23-19-30(37)27-35(33)36;1-3-5-7-9-11-13-19-29(20-14-12-10-8-6-4-2)27-21-23(30(32)33)15-17-25(27)26-18-16-24(31)22-28(26)29;1-3-9-15(10-4-1)17-13-7-8-14-18(17)16-11-5-2-6-12-16;1-9-7-4-2-6(8)3-5-7;7-6-4-2-1-3-5-6;2*1-2(3)4;;;/h16-23,26-27H,4-15,24-25H2,1-3H3;15-18,21-22,32-33H,3-14,19-20H2,1-2H3;1,3-4,7-10,13-14,16H,2,5-6,11-12H2;2-5H,1H3;6H,1-5,7H2;2*1H3,(H,3,4);1H;;/q;;;;;;;;+1;/p-1. The summed E-state index contributed by atoms with van der Waals surface area (Å²) in [6, 6.07) is 63.1. The second kappa shape index (κ2) is 60.8. The van der Waals surface area contributed by atoms with Crippen molar-refractivity contribution < 1.29 is 116 Å². The van der Waals surface area contributed by atoms with Crippen LogP contribution in [-0.4, -0.2) is 59.2 Å². The van der Waals surface area contributed by atoms with E-state index < -0.39 is 19.1 Å². The van der Waals surface area contributed by atoms with E-state index in [2.05, 4.69) is 230 Å². The number of benzene rings is 8. The third-order valence-electron chi connectivity index (χ3n) is 23.0. The fraction of sp³-hybridized carbons (Fsp3) is 0.500. The molecule has 4 aliphatic carbocycles. The van der Waals surface area contributed by atoms with Crippen LogP contribution in [-0.2, 0) is 40.8 Å². The second-order valence-electron chi connectivity index (χ2n) is 31.7. The maximum atomic E-state index is 9.93. The summed E-state index contributed by atoms with van der Waals surface area (Å²) in [5.74, 6) is 0.904. The second-order valence-corrected chi connectivity index (χ2v) is 35.4. The molecule has 0 radical (unpaired) electrons.